The number of carbonyl (C=O) groups excluding carboxylic acids is 2. The normalized spacial score (nSPS) is 24.4. The second kappa shape index (κ2) is 6.69. The maximum absolute atomic E-state index is 12.7. The van der Waals surface area contributed by atoms with Gasteiger partial charge in [-0.05, 0) is 36.7 Å². The number of hydrogen-bond donors (Lipinski definition) is 1. The Labute approximate surface area is 155 Å². The summed E-state index contributed by atoms with van der Waals surface area (Å²) < 4.78 is 0. The topological polar surface area (TPSA) is 60.9 Å². The highest BCUT2D eigenvalue weighted by atomic mass is 16.3. The van der Waals surface area contributed by atoms with Crippen LogP contribution in [0.4, 0.5) is 0 Å². The van der Waals surface area contributed by atoms with E-state index in [4.69, 9.17) is 0 Å². The van der Waals surface area contributed by atoms with Gasteiger partial charge in [-0.3, -0.25) is 9.59 Å². The third-order valence-corrected chi connectivity index (χ3v) is 6.65. The molecule has 2 aliphatic heterocycles. The largest absolute Gasteiger partial charge is 0.385 e. The Bertz CT molecular complexity index is 674. The van der Waals surface area contributed by atoms with Crippen molar-refractivity contribution in [1.29, 1.82) is 0 Å². The number of amides is 2. The second-order valence-corrected chi connectivity index (χ2v) is 8.41. The van der Waals surface area contributed by atoms with E-state index in [1.54, 1.807) is 4.90 Å². The van der Waals surface area contributed by atoms with E-state index in [1.807, 2.05) is 35.2 Å². The minimum absolute atomic E-state index is 0.0171. The van der Waals surface area contributed by atoms with E-state index < -0.39 is 5.60 Å². The van der Waals surface area contributed by atoms with E-state index in [-0.39, 0.29) is 23.8 Å². The number of likely N-dealkylation sites (tertiary alicyclic amines) is 2. The Hall–Kier alpha value is -1.88. The van der Waals surface area contributed by atoms with Crippen LogP contribution in [-0.4, -0.2) is 52.9 Å². The molecule has 1 aromatic carbocycles. The zero-order valence-electron chi connectivity index (χ0n) is 15.3. The summed E-state index contributed by atoms with van der Waals surface area (Å²) in [6.07, 6.45) is 6.36. The molecule has 0 bridgehead atoms. The van der Waals surface area contributed by atoms with Gasteiger partial charge in [-0.25, -0.2) is 0 Å². The SMILES string of the molecule is O=C(CN1CC2(CCCC2)CC1=O)N1CCC(O)(c2ccccc2)CC1. The Morgan fingerprint density at radius 1 is 1.04 bits per heavy atom. The molecule has 1 N–H and O–H groups in total. The van der Waals surface area contributed by atoms with Gasteiger partial charge in [0.1, 0.15) is 0 Å². The van der Waals surface area contributed by atoms with Gasteiger partial charge in [0, 0.05) is 26.1 Å². The van der Waals surface area contributed by atoms with Crippen molar-refractivity contribution in [3.8, 4) is 0 Å². The zero-order valence-corrected chi connectivity index (χ0v) is 15.3. The highest BCUT2D eigenvalue weighted by Gasteiger charge is 2.45. The van der Waals surface area contributed by atoms with Crippen molar-refractivity contribution in [2.45, 2.75) is 50.5 Å². The summed E-state index contributed by atoms with van der Waals surface area (Å²) in [5, 5.41) is 10.9. The third-order valence-electron chi connectivity index (χ3n) is 6.65. The van der Waals surface area contributed by atoms with Crippen LogP contribution in [0.25, 0.3) is 0 Å². The molecular formula is C21H28N2O3. The first-order valence-electron chi connectivity index (χ1n) is 9.83. The third kappa shape index (κ3) is 3.25. The quantitative estimate of drug-likeness (QED) is 0.904. The van der Waals surface area contributed by atoms with Crippen molar-refractivity contribution < 1.29 is 14.7 Å². The van der Waals surface area contributed by atoms with Gasteiger partial charge in [0.2, 0.25) is 11.8 Å². The van der Waals surface area contributed by atoms with Crippen molar-refractivity contribution in [3.63, 3.8) is 0 Å². The highest BCUT2D eigenvalue weighted by molar-refractivity contribution is 5.86. The smallest absolute Gasteiger partial charge is 0.242 e. The molecule has 140 valence electrons. The lowest BCUT2D eigenvalue weighted by Crippen LogP contribution is -2.48. The standard InChI is InChI=1S/C21H28N2O3/c24-18-14-20(8-4-5-9-20)16-23(18)15-19(25)22-12-10-21(26,11-13-22)17-6-2-1-3-7-17/h1-3,6-7,26H,4-5,8-16H2. The maximum Gasteiger partial charge on any atom is 0.242 e. The molecule has 5 heteroatoms. The molecule has 3 fully saturated rings. The van der Waals surface area contributed by atoms with E-state index in [2.05, 4.69) is 0 Å². The Balaban J connectivity index is 1.33. The molecule has 1 spiro atoms. The molecule has 0 unspecified atom stereocenters. The van der Waals surface area contributed by atoms with Crippen LogP contribution in [-0.2, 0) is 15.2 Å². The molecule has 0 aromatic heterocycles. The first-order valence-corrected chi connectivity index (χ1v) is 9.83. The number of benzene rings is 1. The average molecular weight is 356 g/mol. The van der Waals surface area contributed by atoms with Gasteiger partial charge in [0.15, 0.2) is 0 Å². The molecule has 1 aliphatic carbocycles. The molecule has 2 saturated heterocycles. The van der Waals surface area contributed by atoms with Gasteiger partial charge in [-0.15, -0.1) is 0 Å². The Morgan fingerprint density at radius 2 is 1.69 bits per heavy atom. The van der Waals surface area contributed by atoms with E-state index in [9.17, 15) is 14.7 Å². The van der Waals surface area contributed by atoms with Crippen molar-refractivity contribution in [1.82, 2.24) is 9.80 Å². The summed E-state index contributed by atoms with van der Waals surface area (Å²) in [5.74, 6) is 0.154. The lowest BCUT2D eigenvalue weighted by Gasteiger charge is -2.39. The summed E-state index contributed by atoms with van der Waals surface area (Å²) in [5.41, 5.74) is 0.215. The van der Waals surface area contributed by atoms with Crippen molar-refractivity contribution in [3.05, 3.63) is 35.9 Å². The summed E-state index contributed by atoms with van der Waals surface area (Å²) in [6.45, 7) is 2.03. The minimum atomic E-state index is -0.852. The van der Waals surface area contributed by atoms with Crippen LogP contribution in [0.3, 0.4) is 0 Å². The first-order chi connectivity index (χ1) is 12.5. The van der Waals surface area contributed by atoms with Crippen LogP contribution >= 0.6 is 0 Å². The summed E-state index contributed by atoms with van der Waals surface area (Å²) in [6, 6.07) is 9.70. The fourth-order valence-electron chi connectivity index (χ4n) is 5.01. The molecule has 2 amide bonds. The second-order valence-electron chi connectivity index (χ2n) is 8.41. The van der Waals surface area contributed by atoms with Crippen LogP contribution in [0.1, 0.15) is 50.5 Å². The fourth-order valence-corrected chi connectivity index (χ4v) is 5.01. The summed E-state index contributed by atoms with van der Waals surface area (Å²) >= 11 is 0. The van der Waals surface area contributed by atoms with Crippen LogP contribution in [0.2, 0.25) is 0 Å². The predicted octanol–water partition coefficient (Wildman–Crippen LogP) is 2.29. The van der Waals surface area contributed by atoms with E-state index in [1.165, 1.54) is 12.8 Å². The molecule has 2 heterocycles. The van der Waals surface area contributed by atoms with Gasteiger partial charge in [-0.1, -0.05) is 43.2 Å². The molecule has 1 aromatic rings. The lowest BCUT2D eigenvalue weighted by molar-refractivity contribution is -0.141. The van der Waals surface area contributed by atoms with Gasteiger partial charge in [0.25, 0.3) is 0 Å². The molecule has 26 heavy (non-hydrogen) atoms. The van der Waals surface area contributed by atoms with Crippen LogP contribution in [0.15, 0.2) is 30.3 Å². The van der Waals surface area contributed by atoms with Crippen molar-refractivity contribution >= 4 is 11.8 Å². The Morgan fingerprint density at radius 3 is 2.35 bits per heavy atom. The van der Waals surface area contributed by atoms with Gasteiger partial charge in [0.05, 0.1) is 12.1 Å². The highest BCUT2D eigenvalue weighted by Crippen LogP contribution is 2.45. The van der Waals surface area contributed by atoms with Crippen molar-refractivity contribution in [2.75, 3.05) is 26.2 Å². The van der Waals surface area contributed by atoms with Crippen LogP contribution in [0, 0.1) is 5.41 Å². The average Bonchev–Trinajstić information content (AvgIpc) is 3.22. The number of aliphatic hydroxyl groups is 1. The number of carbonyl (C=O) groups is 2. The first kappa shape index (κ1) is 17.5. The molecule has 3 aliphatic rings. The van der Waals surface area contributed by atoms with Crippen LogP contribution in [0.5, 0.6) is 0 Å². The summed E-state index contributed by atoms with van der Waals surface area (Å²) in [4.78, 5) is 28.6. The molecule has 4 rings (SSSR count). The number of piperidine rings is 1. The van der Waals surface area contributed by atoms with Crippen LogP contribution < -0.4 is 0 Å². The molecular weight excluding hydrogens is 328 g/mol. The monoisotopic (exact) mass is 356 g/mol. The number of nitrogens with zero attached hydrogens (tertiary/aromatic N) is 2. The van der Waals surface area contributed by atoms with Gasteiger partial charge >= 0.3 is 0 Å². The van der Waals surface area contributed by atoms with Gasteiger partial charge in [-0.2, -0.15) is 0 Å². The molecule has 5 nitrogen and oxygen atoms in total. The fraction of sp³-hybridized carbons (Fsp3) is 0.619. The summed E-state index contributed by atoms with van der Waals surface area (Å²) in [7, 11) is 0. The van der Waals surface area contributed by atoms with Gasteiger partial charge < -0.3 is 14.9 Å². The van der Waals surface area contributed by atoms with E-state index in [0.717, 1.165) is 24.9 Å². The zero-order chi connectivity index (χ0) is 18.2. The molecule has 1 saturated carbocycles. The number of rotatable bonds is 3. The van der Waals surface area contributed by atoms with E-state index >= 15 is 0 Å². The predicted molar refractivity (Wildman–Crippen MR) is 98.3 cm³/mol. The van der Waals surface area contributed by atoms with E-state index in [0.29, 0.717) is 32.4 Å². The van der Waals surface area contributed by atoms with Crippen molar-refractivity contribution in [2.24, 2.45) is 5.41 Å². The lowest BCUT2D eigenvalue weighted by atomic mass is 9.84. The number of hydrogen-bond acceptors (Lipinski definition) is 3. The Kier molecular flexibility index (Phi) is 4.51. The molecule has 0 radical (unpaired) electrons. The maximum atomic E-state index is 12.7. The molecule has 0 atom stereocenters. The minimum Gasteiger partial charge on any atom is -0.385 e.